The average Bonchev–Trinajstić information content (AvgIpc) is 1.99. The Bertz CT molecular complexity index is 110. The summed E-state index contributed by atoms with van der Waals surface area (Å²) in [5, 5.41) is 8.87. The third-order valence-corrected chi connectivity index (χ3v) is 1.18. The normalized spacial score (nSPS) is 11.5. The fraction of sp³-hybridized carbons (Fsp3) is 0.833. The highest BCUT2D eigenvalue weighted by Gasteiger charge is 2.05. The van der Waals surface area contributed by atoms with Crippen molar-refractivity contribution < 1.29 is 14.6 Å². The van der Waals surface area contributed by atoms with Gasteiger partial charge < -0.3 is 15.6 Å². The standard InChI is InChI=1S/C6H13NO3.ClH/c1-10-6(9)3-2-5(8)4-7;/h5,8H,2-4,7H2,1H3;1H. The number of esters is 1. The van der Waals surface area contributed by atoms with Crippen LogP contribution in [0.2, 0.25) is 0 Å². The molecule has 11 heavy (non-hydrogen) atoms. The van der Waals surface area contributed by atoms with Crippen LogP contribution in [0, 0.1) is 0 Å². The number of halogens is 1. The van der Waals surface area contributed by atoms with E-state index in [1.165, 1.54) is 7.11 Å². The van der Waals surface area contributed by atoms with Gasteiger partial charge in [-0.1, -0.05) is 0 Å². The molecule has 5 heteroatoms. The van der Waals surface area contributed by atoms with Gasteiger partial charge in [-0.3, -0.25) is 4.79 Å². The van der Waals surface area contributed by atoms with Crippen molar-refractivity contribution >= 4 is 18.4 Å². The van der Waals surface area contributed by atoms with E-state index >= 15 is 0 Å². The molecule has 0 saturated heterocycles. The van der Waals surface area contributed by atoms with Gasteiger partial charge in [0.15, 0.2) is 0 Å². The number of hydrogen-bond donors (Lipinski definition) is 2. The smallest absolute Gasteiger partial charge is 0.305 e. The molecule has 0 aromatic rings. The Labute approximate surface area is 72.1 Å². The van der Waals surface area contributed by atoms with E-state index < -0.39 is 6.10 Å². The number of hydrogen-bond acceptors (Lipinski definition) is 4. The van der Waals surface area contributed by atoms with Crippen molar-refractivity contribution in [2.75, 3.05) is 13.7 Å². The molecule has 0 bridgehead atoms. The Hall–Kier alpha value is -0.320. The van der Waals surface area contributed by atoms with Gasteiger partial charge in [-0.2, -0.15) is 0 Å². The molecule has 0 aliphatic rings. The Morgan fingerprint density at radius 3 is 2.64 bits per heavy atom. The van der Waals surface area contributed by atoms with Crippen LogP contribution in [0.25, 0.3) is 0 Å². The van der Waals surface area contributed by atoms with E-state index in [9.17, 15) is 4.79 Å². The van der Waals surface area contributed by atoms with Crippen LogP contribution in [-0.2, 0) is 9.53 Å². The zero-order chi connectivity index (χ0) is 7.98. The highest BCUT2D eigenvalue weighted by molar-refractivity contribution is 5.85. The minimum atomic E-state index is -0.584. The largest absolute Gasteiger partial charge is 0.469 e. The Morgan fingerprint density at radius 2 is 2.27 bits per heavy atom. The summed E-state index contributed by atoms with van der Waals surface area (Å²) in [5.74, 6) is -0.312. The van der Waals surface area contributed by atoms with E-state index in [2.05, 4.69) is 4.74 Å². The Kier molecular flexibility index (Phi) is 9.40. The third kappa shape index (κ3) is 7.58. The van der Waals surface area contributed by atoms with Crippen LogP contribution >= 0.6 is 12.4 Å². The molecular weight excluding hydrogens is 170 g/mol. The van der Waals surface area contributed by atoms with Gasteiger partial charge in [0.05, 0.1) is 13.2 Å². The summed E-state index contributed by atoms with van der Waals surface area (Å²) in [7, 11) is 1.32. The van der Waals surface area contributed by atoms with Crippen LogP contribution in [0.4, 0.5) is 0 Å². The van der Waals surface area contributed by atoms with Crippen LogP contribution in [-0.4, -0.2) is 30.8 Å². The van der Waals surface area contributed by atoms with Gasteiger partial charge in [0.2, 0.25) is 0 Å². The van der Waals surface area contributed by atoms with Crippen LogP contribution < -0.4 is 5.73 Å². The van der Waals surface area contributed by atoms with E-state index in [1.807, 2.05) is 0 Å². The number of ether oxygens (including phenoxy) is 1. The molecule has 0 amide bonds. The molecule has 0 aromatic carbocycles. The first kappa shape index (κ1) is 13.3. The Balaban J connectivity index is 0. The van der Waals surface area contributed by atoms with Crippen LogP contribution in [0.1, 0.15) is 12.8 Å². The molecule has 0 saturated carbocycles. The zero-order valence-corrected chi connectivity index (χ0v) is 7.26. The molecule has 0 rings (SSSR count). The van der Waals surface area contributed by atoms with Gasteiger partial charge >= 0.3 is 5.97 Å². The molecule has 0 heterocycles. The summed E-state index contributed by atoms with van der Waals surface area (Å²) < 4.78 is 4.35. The minimum absolute atomic E-state index is 0. The van der Waals surface area contributed by atoms with Crippen molar-refractivity contribution in [2.24, 2.45) is 5.73 Å². The Morgan fingerprint density at radius 1 is 1.73 bits per heavy atom. The fourth-order valence-corrected chi connectivity index (χ4v) is 0.504. The highest BCUT2D eigenvalue weighted by atomic mass is 35.5. The number of aliphatic hydroxyl groups excluding tert-OH is 1. The summed E-state index contributed by atoms with van der Waals surface area (Å²) >= 11 is 0. The first-order valence-electron chi connectivity index (χ1n) is 3.15. The lowest BCUT2D eigenvalue weighted by atomic mass is 10.2. The van der Waals surface area contributed by atoms with Crippen LogP contribution in [0.3, 0.4) is 0 Å². The van der Waals surface area contributed by atoms with Crippen molar-refractivity contribution in [3.8, 4) is 0 Å². The van der Waals surface area contributed by atoms with Gasteiger partial charge in [0.25, 0.3) is 0 Å². The van der Waals surface area contributed by atoms with Gasteiger partial charge in [-0.05, 0) is 6.42 Å². The summed E-state index contributed by atoms with van der Waals surface area (Å²) in [6, 6.07) is 0. The molecule has 1 atom stereocenters. The molecule has 0 radical (unpaired) electrons. The van der Waals surface area contributed by atoms with E-state index in [0.717, 1.165) is 0 Å². The molecule has 0 aliphatic heterocycles. The maximum Gasteiger partial charge on any atom is 0.305 e. The molecule has 4 nitrogen and oxygen atoms in total. The SMILES string of the molecule is COC(=O)CCC(O)CN.Cl. The van der Waals surface area contributed by atoms with E-state index in [0.29, 0.717) is 6.42 Å². The number of carbonyl (C=O) groups is 1. The van der Waals surface area contributed by atoms with Crippen LogP contribution in [0.15, 0.2) is 0 Å². The zero-order valence-electron chi connectivity index (χ0n) is 6.45. The molecule has 68 valence electrons. The first-order valence-corrected chi connectivity index (χ1v) is 3.15. The van der Waals surface area contributed by atoms with Gasteiger partial charge in [-0.25, -0.2) is 0 Å². The number of aliphatic hydroxyl groups is 1. The lowest BCUT2D eigenvalue weighted by molar-refractivity contribution is -0.141. The van der Waals surface area contributed by atoms with E-state index in [4.69, 9.17) is 10.8 Å². The summed E-state index contributed by atoms with van der Waals surface area (Å²) in [6.45, 7) is 0.191. The van der Waals surface area contributed by atoms with Crippen molar-refractivity contribution in [1.29, 1.82) is 0 Å². The lowest BCUT2D eigenvalue weighted by Gasteiger charge is -2.04. The second kappa shape index (κ2) is 7.78. The average molecular weight is 184 g/mol. The maximum atomic E-state index is 10.5. The minimum Gasteiger partial charge on any atom is -0.469 e. The molecule has 0 spiro atoms. The number of carbonyl (C=O) groups excluding carboxylic acids is 1. The number of rotatable bonds is 4. The second-order valence-corrected chi connectivity index (χ2v) is 2.00. The van der Waals surface area contributed by atoms with Gasteiger partial charge in [-0.15, -0.1) is 12.4 Å². The molecule has 0 fully saturated rings. The predicted octanol–water partition coefficient (Wildman–Crippen LogP) is -0.319. The van der Waals surface area contributed by atoms with Crippen molar-refractivity contribution in [1.82, 2.24) is 0 Å². The first-order chi connectivity index (χ1) is 4.70. The van der Waals surface area contributed by atoms with E-state index in [1.54, 1.807) is 0 Å². The van der Waals surface area contributed by atoms with Crippen molar-refractivity contribution in [2.45, 2.75) is 18.9 Å². The summed E-state index contributed by atoms with van der Waals surface area (Å²) in [6.07, 6.45) is 0.0250. The van der Waals surface area contributed by atoms with Crippen molar-refractivity contribution in [3.63, 3.8) is 0 Å². The molecule has 1 unspecified atom stereocenters. The monoisotopic (exact) mass is 183 g/mol. The fourth-order valence-electron chi connectivity index (χ4n) is 0.504. The topological polar surface area (TPSA) is 72.5 Å². The molecule has 3 N–H and O–H groups in total. The molecular formula is C6H14ClNO3. The number of nitrogens with two attached hydrogens (primary N) is 1. The summed E-state index contributed by atoms with van der Waals surface area (Å²) in [5.41, 5.74) is 5.10. The van der Waals surface area contributed by atoms with Crippen LogP contribution in [0.5, 0.6) is 0 Å². The van der Waals surface area contributed by atoms with Gasteiger partial charge in [0.1, 0.15) is 0 Å². The van der Waals surface area contributed by atoms with Crippen molar-refractivity contribution in [3.05, 3.63) is 0 Å². The maximum absolute atomic E-state index is 10.5. The molecule has 0 aliphatic carbocycles. The third-order valence-electron chi connectivity index (χ3n) is 1.18. The lowest BCUT2D eigenvalue weighted by Crippen LogP contribution is -2.20. The van der Waals surface area contributed by atoms with E-state index in [-0.39, 0.29) is 31.3 Å². The summed E-state index contributed by atoms with van der Waals surface area (Å²) in [4.78, 5) is 10.5. The predicted molar refractivity (Wildman–Crippen MR) is 43.6 cm³/mol. The highest BCUT2D eigenvalue weighted by Crippen LogP contribution is 1.95. The second-order valence-electron chi connectivity index (χ2n) is 2.00. The van der Waals surface area contributed by atoms with Gasteiger partial charge in [0, 0.05) is 13.0 Å². The molecule has 0 aromatic heterocycles. The quantitative estimate of drug-likeness (QED) is 0.586. The number of methoxy groups -OCH3 is 1.